The highest BCUT2D eigenvalue weighted by molar-refractivity contribution is 7.10. The number of nitrogens with zero attached hydrogens (tertiary/aromatic N) is 2. The molecule has 3 rings (SSSR count). The third kappa shape index (κ3) is 5.62. The number of thiazole rings is 1. The minimum absolute atomic E-state index is 0.0195. The van der Waals surface area contributed by atoms with Crippen molar-refractivity contribution in [2.24, 2.45) is 5.92 Å². The molecule has 6 nitrogen and oxygen atoms in total. The van der Waals surface area contributed by atoms with Crippen molar-refractivity contribution in [3.63, 3.8) is 0 Å². The number of hydrogen-bond donors (Lipinski definition) is 2. The van der Waals surface area contributed by atoms with Crippen molar-refractivity contribution in [2.75, 3.05) is 25.0 Å². The van der Waals surface area contributed by atoms with E-state index in [4.69, 9.17) is 0 Å². The fourth-order valence-electron chi connectivity index (χ4n) is 3.30. The van der Waals surface area contributed by atoms with E-state index in [2.05, 4.69) is 34.4 Å². The van der Waals surface area contributed by atoms with Crippen LogP contribution < -0.4 is 10.6 Å². The fraction of sp³-hybridized carbons (Fsp3) is 0.476. The maximum absolute atomic E-state index is 12.5. The van der Waals surface area contributed by atoms with Gasteiger partial charge in [-0.15, -0.1) is 11.3 Å². The molecule has 7 heteroatoms. The summed E-state index contributed by atoms with van der Waals surface area (Å²) in [7, 11) is 0. The predicted molar refractivity (Wildman–Crippen MR) is 113 cm³/mol. The van der Waals surface area contributed by atoms with Crippen molar-refractivity contribution in [2.45, 2.75) is 39.2 Å². The summed E-state index contributed by atoms with van der Waals surface area (Å²) in [4.78, 5) is 31.7. The zero-order valence-electron chi connectivity index (χ0n) is 16.5. The van der Waals surface area contributed by atoms with Crippen LogP contribution in [0.3, 0.4) is 0 Å². The van der Waals surface area contributed by atoms with Crippen LogP contribution in [0.1, 0.15) is 54.6 Å². The van der Waals surface area contributed by atoms with E-state index in [0.717, 1.165) is 36.6 Å². The summed E-state index contributed by atoms with van der Waals surface area (Å²) >= 11 is 1.41. The van der Waals surface area contributed by atoms with Crippen LogP contribution in [-0.4, -0.2) is 41.3 Å². The van der Waals surface area contributed by atoms with Crippen LogP contribution in [0, 0.1) is 5.92 Å². The number of rotatable bonds is 7. The van der Waals surface area contributed by atoms with Gasteiger partial charge in [0, 0.05) is 11.1 Å². The molecule has 0 spiro atoms. The van der Waals surface area contributed by atoms with Crippen molar-refractivity contribution in [3.05, 3.63) is 46.4 Å². The van der Waals surface area contributed by atoms with Gasteiger partial charge in [0.2, 0.25) is 5.91 Å². The van der Waals surface area contributed by atoms with Crippen LogP contribution in [0.25, 0.3) is 0 Å². The van der Waals surface area contributed by atoms with Crippen LogP contribution in [0.15, 0.2) is 35.7 Å². The molecule has 2 heterocycles. The summed E-state index contributed by atoms with van der Waals surface area (Å²) in [5.74, 6) is -0.0385. The van der Waals surface area contributed by atoms with Crippen LogP contribution in [0.4, 0.5) is 5.69 Å². The zero-order valence-corrected chi connectivity index (χ0v) is 17.3. The molecule has 2 amide bonds. The zero-order chi connectivity index (χ0) is 19.9. The lowest BCUT2D eigenvalue weighted by atomic mass is 10.1. The monoisotopic (exact) mass is 400 g/mol. The molecule has 1 aliphatic rings. The molecule has 0 bridgehead atoms. The minimum Gasteiger partial charge on any atom is -0.345 e. The van der Waals surface area contributed by atoms with E-state index in [1.165, 1.54) is 17.8 Å². The van der Waals surface area contributed by atoms with E-state index >= 15 is 0 Å². The molecule has 2 N–H and O–H groups in total. The first-order chi connectivity index (χ1) is 13.5. The molecule has 28 heavy (non-hydrogen) atoms. The number of carbonyl (C=O) groups is 2. The van der Waals surface area contributed by atoms with Gasteiger partial charge in [0.15, 0.2) is 0 Å². The van der Waals surface area contributed by atoms with Gasteiger partial charge in [0.1, 0.15) is 10.7 Å². The summed E-state index contributed by atoms with van der Waals surface area (Å²) in [6.07, 6.45) is 3.57. The van der Waals surface area contributed by atoms with E-state index in [0.29, 0.717) is 12.2 Å². The number of hydrogen-bond acceptors (Lipinski definition) is 5. The molecule has 1 saturated heterocycles. The van der Waals surface area contributed by atoms with Gasteiger partial charge in [-0.1, -0.05) is 38.5 Å². The van der Waals surface area contributed by atoms with Gasteiger partial charge in [0.05, 0.1) is 12.6 Å². The average molecular weight is 401 g/mol. The van der Waals surface area contributed by atoms with Crippen molar-refractivity contribution >= 4 is 28.8 Å². The highest BCUT2D eigenvalue weighted by Crippen LogP contribution is 2.25. The Morgan fingerprint density at radius 2 is 1.86 bits per heavy atom. The van der Waals surface area contributed by atoms with Crippen molar-refractivity contribution in [3.8, 4) is 0 Å². The van der Waals surface area contributed by atoms with E-state index in [9.17, 15) is 9.59 Å². The highest BCUT2D eigenvalue weighted by atomic mass is 32.1. The third-order valence-electron chi connectivity index (χ3n) is 4.85. The number of likely N-dealkylation sites (tertiary alicyclic amines) is 1. The van der Waals surface area contributed by atoms with Crippen LogP contribution in [-0.2, 0) is 4.79 Å². The number of para-hydroxylation sites is 1. The normalized spacial score (nSPS) is 16.0. The first kappa shape index (κ1) is 20.5. The van der Waals surface area contributed by atoms with E-state index in [1.54, 1.807) is 5.38 Å². The number of nitrogens with one attached hydrogen (secondary N) is 2. The van der Waals surface area contributed by atoms with Crippen molar-refractivity contribution in [1.29, 1.82) is 0 Å². The molecule has 0 radical (unpaired) electrons. The molecule has 1 aromatic carbocycles. The Hall–Kier alpha value is -2.25. The number of aromatic nitrogens is 1. The largest absolute Gasteiger partial charge is 0.345 e. The lowest BCUT2D eigenvalue weighted by Gasteiger charge is -2.27. The summed E-state index contributed by atoms with van der Waals surface area (Å²) in [6, 6.07) is 9.12. The summed E-state index contributed by atoms with van der Waals surface area (Å²) < 4.78 is 0. The molecule has 1 aromatic heterocycles. The lowest BCUT2D eigenvalue weighted by molar-refractivity contribution is -0.123. The molecular weight excluding hydrogens is 372 g/mol. The first-order valence-corrected chi connectivity index (χ1v) is 10.7. The van der Waals surface area contributed by atoms with Gasteiger partial charge in [0.25, 0.3) is 5.91 Å². The third-order valence-corrected chi connectivity index (χ3v) is 5.78. The summed E-state index contributed by atoms with van der Waals surface area (Å²) in [5.41, 5.74) is 1.11. The Morgan fingerprint density at radius 3 is 2.54 bits per heavy atom. The van der Waals surface area contributed by atoms with E-state index in [-0.39, 0.29) is 23.8 Å². The quantitative estimate of drug-likeness (QED) is 0.743. The topological polar surface area (TPSA) is 74.3 Å². The molecule has 0 saturated carbocycles. The second-order valence-corrected chi connectivity index (χ2v) is 8.41. The van der Waals surface area contributed by atoms with Gasteiger partial charge in [-0.3, -0.25) is 14.5 Å². The maximum Gasteiger partial charge on any atom is 0.275 e. The lowest BCUT2D eigenvalue weighted by Crippen LogP contribution is -2.42. The second-order valence-electron chi connectivity index (χ2n) is 7.52. The number of amides is 2. The Morgan fingerprint density at radius 1 is 1.14 bits per heavy atom. The van der Waals surface area contributed by atoms with Crippen molar-refractivity contribution < 1.29 is 9.59 Å². The van der Waals surface area contributed by atoms with E-state index < -0.39 is 0 Å². The highest BCUT2D eigenvalue weighted by Gasteiger charge is 2.24. The molecular formula is C21H28N4O2S. The molecule has 2 aromatic rings. The number of anilines is 1. The second kappa shape index (κ2) is 9.80. The fourth-order valence-corrected chi connectivity index (χ4v) is 4.33. The molecule has 1 fully saturated rings. The van der Waals surface area contributed by atoms with Crippen LogP contribution in [0.2, 0.25) is 0 Å². The molecule has 0 aliphatic carbocycles. The van der Waals surface area contributed by atoms with Gasteiger partial charge in [-0.05, 0) is 44.0 Å². The van der Waals surface area contributed by atoms with Gasteiger partial charge >= 0.3 is 0 Å². The SMILES string of the molecule is CC(C)[C@H](NC(=O)CN1CCCCC1)c1nc(C(=O)Nc2ccccc2)cs1. The Kier molecular flexibility index (Phi) is 7.17. The Balaban J connectivity index is 1.62. The molecule has 0 unspecified atom stereocenters. The number of carbonyl (C=O) groups excluding carboxylic acids is 2. The van der Waals surface area contributed by atoms with Crippen LogP contribution in [0.5, 0.6) is 0 Å². The Bertz CT molecular complexity index is 785. The molecule has 1 atom stereocenters. The first-order valence-electron chi connectivity index (χ1n) is 9.86. The van der Waals surface area contributed by atoms with Gasteiger partial charge in [-0.25, -0.2) is 4.98 Å². The average Bonchev–Trinajstić information content (AvgIpc) is 3.17. The summed E-state index contributed by atoms with van der Waals surface area (Å²) in [5, 5.41) is 8.48. The number of benzene rings is 1. The molecule has 150 valence electrons. The van der Waals surface area contributed by atoms with Crippen molar-refractivity contribution in [1.82, 2.24) is 15.2 Å². The van der Waals surface area contributed by atoms with Crippen LogP contribution >= 0.6 is 11.3 Å². The summed E-state index contributed by atoms with van der Waals surface area (Å²) in [6.45, 7) is 6.51. The molecule has 1 aliphatic heterocycles. The Labute approximate surface area is 170 Å². The van der Waals surface area contributed by atoms with E-state index in [1.807, 2.05) is 30.3 Å². The number of piperidine rings is 1. The van der Waals surface area contributed by atoms with Gasteiger partial charge in [-0.2, -0.15) is 0 Å². The minimum atomic E-state index is -0.240. The maximum atomic E-state index is 12.5. The predicted octanol–water partition coefficient (Wildman–Crippen LogP) is 3.69. The smallest absolute Gasteiger partial charge is 0.275 e. The van der Waals surface area contributed by atoms with Gasteiger partial charge < -0.3 is 10.6 Å². The standard InChI is InChI=1S/C21H28N4O2S/c1-15(2)19(24-18(26)13-25-11-7-4-8-12-25)21-23-17(14-28-21)20(27)22-16-9-5-3-6-10-16/h3,5-6,9-10,14-15,19H,4,7-8,11-13H2,1-2H3,(H,22,27)(H,24,26)/t19-/m0/s1.